The van der Waals surface area contributed by atoms with E-state index in [1.54, 1.807) is 6.20 Å². The van der Waals surface area contributed by atoms with Gasteiger partial charge in [0.15, 0.2) is 0 Å². The molecule has 0 saturated heterocycles. The fraction of sp³-hybridized carbons (Fsp3) is 0.118. The average Bonchev–Trinajstić information content (AvgIpc) is 2.48. The van der Waals surface area contributed by atoms with Crippen molar-refractivity contribution < 1.29 is 5.11 Å². The zero-order chi connectivity index (χ0) is 13.9. The molecular formula is C17H14ClNO. The lowest BCUT2D eigenvalue weighted by molar-refractivity contribution is 0.178. The molecule has 2 aromatic carbocycles. The van der Waals surface area contributed by atoms with Crippen molar-refractivity contribution in [2.75, 3.05) is 0 Å². The number of aliphatic hydroxyl groups excluding tert-OH is 1. The molecule has 0 amide bonds. The number of hydrogen-bond acceptors (Lipinski definition) is 2. The summed E-state index contributed by atoms with van der Waals surface area (Å²) < 4.78 is 0. The summed E-state index contributed by atoms with van der Waals surface area (Å²) in [6.45, 7) is 0. The van der Waals surface area contributed by atoms with Crippen LogP contribution < -0.4 is 0 Å². The van der Waals surface area contributed by atoms with Gasteiger partial charge < -0.3 is 5.11 Å². The van der Waals surface area contributed by atoms with Crippen molar-refractivity contribution in [3.63, 3.8) is 0 Å². The molecular weight excluding hydrogens is 270 g/mol. The van der Waals surface area contributed by atoms with Crippen LogP contribution in [0.15, 0.2) is 60.8 Å². The van der Waals surface area contributed by atoms with Crippen molar-refractivity contribution in [3.8, 4) is 0 Å². The summed E-state index contributed by atoms with van der Waals surface area (Å²) in [7, 11) is 0. The van der Waals surface area contributed by atoms with Crippen molar-refractivity contribution in [1.29, 1.82) is 0 Å². The zero-order valence-corrected chi connectivity index (χ0v) is 11.6. The quantitative estimate of drug-likeness (QED) is 0.732. The largest absolute Gasteiger partial charge is 0.388 e. The second-order valence-corrected chi connectivity index (χ2v) is 5.15. The van der Waals surface area contributed by atoms with Gasteiger partial charge in [0, 0.05) is 18.0 Å². The van der Waals surface area contributed by atoms with Gasteiger partial charge in [-0.1, -0.05) is 54.1 Å². The molecule has 0 aliphatic carbocycles. The van der Waals surface area contributed by atoms with Crippen LogP contribution in [0.3, 0.4) is 0 Å². The van der Waals surface area contributed by atoms with E-state index in [-0.39, 0.29) is 0 Å². The summed E-state index contributed by atoms with van der Waals surface area (Å²) >= 11 is 6.10. The zero-order valence-electron chi connectivity index (χ0n) is 10.8. The number of fused-ring (bicyclic) bond motifs is 1. The van der Waals surface area contributed by atoms with Gasteiger partial charge in [0.25, 0.3) is 0 Å². The molecule has 1 N–H and O–H groups in total. The Balaban J connectivity index is 1.92. The highest BCUT2D eigenvalue weighted by atomic mass is 35.5. The van der Waals surface area contributed by atoms with Crippen molar-refractivity contribution in [2.24, 2.45) is 0 Å². The normalized spacial score (nSPS) is 12.5. The minimum atomic E-state index is -0.543. The SMILES string of the molecule is OC(Cc1ccccc1)c1ccc2ccnc(Cl)c2c1. The summed E-state index contributed by atoms with van der Waals surface area (Å²) in [4.78, 5) is 4.08. The Morgan fingerprint density at radius 1 is 1.05 bits per heavy atom. The van der Waals surface area contributed by atoms with Gasteiger partial charge in [0.1, 0.15) is 5.15 Å². The Labute approximate surface area is 122 Å². The first kappa shape index (κ1) is 13.1. The fourth-order valence-electron chi connectivity index (χ4n) is 2.31. The van der Waals surface area contributed by atoms with E-state index in [2.05, 4.69) is 4.98 Å². The van der Waals surface area contributed by atoms with Crippen LogP contribution in [0.2, 0.25) is 5.15 Å². The molecule has 0 fully saturated rings. The van der Waals surface area contributed by atoms with Gasteiger partial charge in [0.2, 0.25) is 0 Å². The van der Waals surface area contributed by atoms with Crippen LogP contribution >= 0.6 is 11.6 Å². The Hall–Kier alpha value is -1.90. The van der Waals surface area contributed by atoms with Gasteiger partial charge in [-0.2, -0.15) is 0 Å². The molecule has 0 radical (unpaired) electrons. The molecule has 1 heterocycles. The molecule has 0 bridgehead atoms. The van der Waals surface area contributed by atoms with Gasteiger partial charge in [-0.3, -0.25) is 0 Å². The maximum atomic E-state index is 10.4. The maximum absolute atomic E-state index is 10.4. The minimum absolute atomic E-state index is 0.469. The first-order chi connectivity index (χ1) is 9.74. The molecule has 0 aliphatic heterocycles. The highest BCUT2D eigenvalue weighted by Crippen LogP contribution is 2.26. The maximum Gasteiger partial charge on any atom is 0.136 e. The summed E-state index contributed by atoms with van der Waals surface area (Å²) in [5.41, 5.74) is 1.97. The molecule has 0 aliphatic rings. The lowest BCUT2D eigenvalue weighted by Gasteiger charge is -2.12. The number of aliphatic hydroxyl groups is 1. The number of pyridine rings is 1. The second-order valence-electron chi connectivity index (χ2n) is 4.79. The van der Waals surface area contributed by atoms with E-state index < -0.39 is 6.10 Å². The number of hydrogen-bond donors (Lipinski definition) is 1. The molecule has 1 atom stereocenters. The molecule has 3 aromatic rings. The number of halogens is 1. The number of aromatic nitrogens is 1. The van der Waals surface area contributed by atoms with Crippen LogP contribution in [0.1, 0.15) is 17.2 Å². The van der Waals surface area contributed by atoms with Crippen LogP contribution in [0.25, 0.3) is 10.8 Å². The van der Waals surface area contributed by atoms with Crippen molar-refractivity contribution >= 4 is 22.4 Å². The molecule has 3 rings (SSSR count). The van der Waals surface area contributed by atoms with Crippen LogP contribution in [0.4, 0.5) is 0 Å². The predicted molar refractivity (Wildman–Crippen MR) is 81.9 cm³/mol. The first-order valence-corrected chi connectivity index (χ1v) is 6.88. The third kappa shape index (κ3) is 2.67. The lowest BCUT2D eigenvalue weighted by atomic mass is 9.99. The molecule has 100 valence electrons. The molecule has 20 heavy (non-hydrogen) atoms. The molecule has 1 unspecified atom stereocenters. The van der Waals surface area contributed by atoms with Crippen molar-refractivity contribution in [1.82, 2.24) is 4.98 Å². The third-order valence-electron chi connectivity index (χ3n) is 3.40. The van der Waals surface area contributed by atoms with Gasteiger partial charge >= 0.3 is 0 Å². The van der Waals surface area contributed by atoms with E-state index in [0.29, 0.717) is 11.6 Å². The van der Waals surface area contributed by atoms with Gasteiger partial charge in [-0.25, -0.2) is 4.98 Å². The number of nitrogens with zero attached hydrogens (tertiary/aromatic N) is 1. The Morgan fingerprint density at radius 3 is 2.65 bits per heavy atom. The average molecular weight is 284 g/mol. The second kappa shape index (κ2) is 5.61. The van der Waals surface area contributed by atoms with E-state index in [0.717, 1.165) is 21.9 Å². The summed E-state index contributed by atoms with van der Waals surface area (Å²) in [5.74, 6) is 0. The molecule has 0 saturated carbocycles. The monoisotopic (exact) mass is 283 g/mol. The van der Waals surface area contributed by atoms with E-state index in [1.807, 2.05) is 54.6 Å². The van der Waals surface area contributed by atoms with E-state index in [9.17, 15) is 5.11 Å². The third-order valence-corrected chi connectivity index (χ3v) is 3.70. The van der Waals surface area contributed by atoms with E-state index in [1.165, 1.54) is 0 Å². The molecule has 1 aromatic heterocycles. The van der Waals surface area contributed by atoms with Gasteiger partial charge in [-0.05, 0) is 28.6 Å². The van der Waals surface area contributed by atoms with Crippen LogP contribution in [0.5, 0.6) is 0 Å². The summed E-state index contributed by atoms with van der Waals surface area (Å²) in [5, 5.41) is 12.7. The fourth-order valence-corrected chi connectivity index (χ4v) is 2.53. The summed E-state index contributed by atoms with van der Waals surface area (Å²) in [6, 6.07) is 17.7. The standard InChI is InChI=1S/C17H14ClNO/c18-17-15-11-14(7-6-13(15)8-9-19-17)16(20)10-12-4-2-1-3-5-12/h1-9,11,16,20H,10H2. The molecule has 3 heteroatoms. The van der Waals surface area contributed by atoms with Crippen LogP contribution in [-0.2, 0) is 6.42 Å². The van der Waals surface area contributed by atoms with Crippen LogP contribution in [0, 0.1) is 0 Å². The van der Waals surface area contributed by atoms with Crippen molar-refractivity contribution in [2.45, 2.75) is 12.5 Å². The topological polar surface area (TPSA) is 33.1 Å². The Kier molecular flexibility index (Phi) is 3.68. The highest BCUT2D eigenvalue weighted by molar-refractivity contribution is 6.34. The van der Waals surface area contributed by atoms with E-state index >= 15 is 0 Å². The number of rotatable bonds is 3. The minimum Gasteiger partial charge on any atom is -0.388 e. The van der Waals surface area contributed by atoms with E-state index in [4.69, 9.17) is 11.6 Å². The molecule has 2 nitrogen and oxygen atoms in total. The smallest absolute Gasteiger partial charge is 0.136 e. The Bertz CT molecular complexity index is 727. The lowest BCUT2D eigenvalue weighted by Crippen LogP contribution is -2.01. The van der Waals surface area contributed by atoms with Crippen molar-refractivity contribution in [3.05, 3.63) is 77.1 Å². The highest BCUT2D eigenvalue weighted by Gasteiger charge is 2.10. The molecule has 0 spiro atoms. The summed E-state index contributed by atoms with van der Waals surface area (Å²) in [6.07, 6.45) is 1.73. The first-order valence-electron chi connectivity index (χ1n) is 6.50. The van der Waals surface area contributed by atoms with Gasteiger partial charge in [0.05, 0.1) is 6.10 Å². The Morgan fingerprint density at radius 2 is 1.85 bits per heavy atom. The predicted octanol–water partition coefficient (Wildman–Crippen LogP) is 4.16. The van der Waals surface area contributed by atoms with Gasteiger partial charge in [-0.15, -0.1) is 0 Å². The number of benzene rings is 2. The van der Waals surface area contributed by atoms with Crippen LogP contribution in [-0.4, -0.2) is 10.1 Å².